The standard InChI is InChI=1S/C25H41NO2/c1-3-4-5-6-7-8-9-10-11-12-13-14-15-16-17-18-25(27)23-21-22(28-2)19-20-24(23)26/h10-11,19-21H,3-9,12-18,26H2,1-2H3/b11-10-. The number of hydrogen-bond acceptors (Lipinski definition) is 3. The van der Waals surface area contributed by atoms with Crippen molar-refractivity contribution in [2.24, 2.45) is 0 Å². The zero-order valence-electron chi connectivity index (χ0n) is 18.2. The molecule has 0 aliphatic heterocycles. The molecule has 0 saturated carbocycles. The van der Waals surface area contributed by atoms with Gasteiger partial charge in [0.15, 0.2) is 5.78 Å². The van der Waals surface area contributed by atoms with Gasteiger partial charge in [-0.05, 0) is 50.3 Å². The van der Waals surface area contributed by atoms with E-state index in [0.717, 1.165) is 12.8 Å². The normalized spacial score (nSPS) is 11.2. The minimum atomic E-state index is 0.119. The summed E-state index contributed by atoms with van der Waals surface area (Å²) < 4.78 is 5.18. The first-order valence-corrected chi connectivity index (χ1v) is 11.3. The number of carbonyl (C=O) groups is 1. The third-order valence-electron chi connectivity index (χ3n) is 5.23. The molecule has 0 radical (unpaired) electrons. The summed E-state index contributed by atoms with van der Waals surface area (Å²) >= 11 is 0. The number of allylic oxidation sites excluding steroid dienone is 2. The van der Waals surface area contributed by atoms with Crippen LogP contribution in [0.2, 0.25) is 0 Å². The Bertz CT molecular complexity index is 566. The average Bonchev–Trinajstić information content (AvgIpc) is 2.71. The first kappa shape index (κ1) is 24.3. The molecule has 0 spiro atoms. The van der Waals surface area contributed by atoms with E-state index in [1.54, 1.807) is 25.3 Å². The van der Waals surface area contributed by atoms with Gasteiger partial charge in [0, 0.05) is 17.7 Å². The zero-order valence-corrected chi connectivity index (χ0v) is 18.2. The number of ether oxygens (including phenoxy) is 1. The maximum absolute atomic E-state index is 12.3. The first-order chi connectivity index (χ1) is 13.7. The predicted octanol–water partition coefficient (Wildman–Crippen LogP) is 7.50. The van der Waals surface area contributed by atoms with E-state index >= 15 is 0 Å². The Morgan fingerprint density at radius 1 is 0.893 bits per heavy atom. The van der Waals surface area contributed by atoms with Crippen LogP contribution in [0.4, 0.5) is 5.69 Å². The van der Waals surface area contributed by atoms with E-state index in [2.05, 4.69) is 19.1 Å². The minimum absolute atomic E-state index is 0.119. The Balaban J connectivity index is 1.99. The lowest BCUT2D eigenvalue weighted by atomic mass is 10.0. The van der Waals surface area contributed by atoms with E-state index < -0.39 is 0 Å². The van der Waals surface area contributed by atoms with Crippen molar-refractivity contribution in [3.05, 3.63) is 35.9 Å². The summed E-state index contributed by atoms with van der Waals surface area (Å²) in [4.78, 5) is 12.3. The molecule has 0 aliphatic rings. The fraction of sp³-hybridized carbons (Fsp3) is 0.640. The number of Topliss-reactive ketones (excluding diaryl/α,β-unsaturated/α-hetero) is 1. The maximum Gasteiger partial charge on any atom is 0.165 e. The summed E-state index contributed by atoms with van der Waals surface area (Å²) in [5.74, 6) is 0.802. The van der Waals surface area contributed by atoms with Gasteiger partial charge in [0.05, 0.1) is 7.11 Å². The molecule has 0 amide bonds. The van der Waals surface area contributed by atoms with Crippen molar-refractivity contribution >= 4 is 11.5 Å². The molecule has 0 heterocycles. The van der Waals surface area contributed by atoms with E-state index in [9.17, 15) is 4.79 Å². The fourth-order valence-corrected chi connectivity index (χ4v) is 3.39. The number of unbranched alkanes of at least 4 members (excludes halogenated alkanes) is 11. The van der Waals surface area contributed by atoms with Crippen LogP contribution in [-0.2, 0) is 0 Å². The first-order valence-electron chi connectivity index (χ1n) is 11.3. The number of anilines is 1. The smallest absolute Gasteiger partial charge is 0.165 e. The molecule has 158 valence electrons. The number of methoxy groups -OCH3 is 1. The van der Waals surface area contributed by atoms with E-state index in [1.807, 2.05) is 0 Å². The Kier molecular flexibility index (Phi) is 14.0. The van der Waals surface area contributed by atoms with Gasteiger partial charge in [-0.3, -0.25) is 4.79 Å². The van der Waals surface area contributed by atoms with Gasteiger partial charge in [0.25, 0.3) is 0 Å². The lowest BCUT2D eigenvalue weighted by Gasteiger charge is -2.07. The van der Waals surface area contributed by atoms with E-state index in [0.29, 0.717) is 23.4 Å². The molecule has 1 aromatic carbocycles. The fourth-order valence-electron chi connectivity index (χ4n) is 3.39. The van der Waals surface area contributed by atoms with Gasteiger partial charge in [-0.25, -0.2) is 0 Å². The Labute approximate surface area is 172 Å². The van der Waals surface area contributed by atoms with Gasteiger partial charge in [-0.2, -0.15) is 0 Å². The van der Waals surface area contributed by atoms with Crippen LogP contribution in [0.25, 0.3) is 0 Å². The number of hydrogen-bond donors (Lipinski definition) is 1. The Hall–Kier alpha value is -1.77. The number of rotatable bonds is 17. The monoisotopic (exact) mass is 387 g/mol. The summed E-state index contributed by atoms with van der Waals surface area (Å²) in [6.45, 7) is 2.26. The molecular formula is C25H41NO2. The van der Waals surface area contributed by atoms with Gasteiger partial charge in [-0.15, -0.1) is 0 Å². The molecule has 1 rings (SSSR count). The molecule has 3 heteroatoms. The summed E-state index contributed by atoms with van der Waals surface area (Å²) in [5, 5.41) is 0. The van der Waals surface area contributed by atoms with Crippen LogP contribution in [0.15, 0.2) is 30.4 Å². The second-order valence-corrected chi connectivity index (χ2v) is 7.71. The summed E-state index contributed by atoms with van der Waals surface area (Å²) in [5.41, 5.74) is 7.05. The molecule has 2 N–H and O–H groups in total. The Morgan fingerprint density at radius 2 is 1.46 bits per heavy atom. The van der Waals surface area contributed by atoms with Crippen LogP contribution in [0.1, 0.15) is 107 Å². The maximum atomic E-state index is 12.3. The van der Waals surface area contributed by atoms with Crippen LogP contribution >= 0.6 is 0 Å². The second-order valence-electron chi connectivity index (χ2n) is 7.71. The van der Waals surface area contributed by atoms with Crippen molar-refractivity contribution in [2.45, 2.75) is 96.8 Å². The van der Waals surface area contributed by atoms with Crippen LogP contribution in [0.3, 0.4) is 0 Å². The Morgan fingerprint density at radius 3 is 2.07 bits per heavy atom. The van der Waals surface area contributed by atoms with Crippen LogP contribution in [0, 0.1) is 0 Å². The SMILES string of the molecule is CCCCCCCC/C=C\CCCCCCCC(=O)c1cc(OC)ccc1N. The van der Waals surface area contributed by atoms with E-state index in [1.165, 1.54) is 70.6 Å². The van der Waals surface area contributed by atoms with Crippen LogP contribution < -0.4 is 10.5 Å². The molecular weight excluding hydrogens is 346 g/mol. The van der Waals surface area contributed by atoms with Gasteiger partial charge in [0.1, 0.15) is 5.75 Å². The van der Waals surface area contributed by atoms with Crippen LogP contribution in [-0.4, -0.2) is 12.9 Å². The molecule has 0 unspecified atom stereocenters. The van der Waals surface area contributed by atoms with Crippen LogP contribution in [0.5, 0.6) is 5.75 Å². The molecule has 0 aromatic heterocycles. The number of nitrogens with two attached hydrogens (primary N) is 1. The van der Waals surface area contributed by atoms with Crippen molar-refractivity contribution in [3.8, 4) is 5.75 Å². The van der Waals surface area contributed by atoms with Crippen molar-refractivity contribution in [1.29, 1.82) is 0 Å². The lowest BCUT2D eigenvalue weighted by Crippen LogP contribution is -2.04. The van der Waals surface area contributed by atoms with Crippen molar-refractivity contribution < 1.29 is 9.53 Å². The number of carbonyl (C=O) groups excluding carboxylic acids is 1. The summed E-state index contributed by atoms with van der Waals surface area (Å²) in [7, 11) is 1.60. The highest BCUT2D eigenvalue weighted by Gasteiger charge is 2.10. The third-order valence-corrected chi connectivity index (χ3v) is 5.23. The highest BCUT2D eigenvalue weighted by molar-refractivity contribution is 6.01. The van der Waals surface area contributed by atoms with E-state index in [4.69, 9.17) is 10.5 Å². The largest absolute Gasteiger partial charge is 0.497 e. The van der Waals surface area contributed by atoms with Gasteiger partial charge >= 0.3 is 0 Å². The van der Waals surface area contributed by atoms with E-state index in [-0.39, 0.29) is 5.78 Å². The molecule has 28 heavy (non-hydrogen) atoms. The molecule has 3 nitrogen and oxygen atoms in total. The molecule has 0 saturated heterocycles. The molecule has 0 aliphatic carbocycles. The highest BCUT2D eigenvalue weighted by Crippen LogP contribution is 2.22. The number of ketones is 1. The average molecular weight is 388 g/mol. The second kappa shape index (κ2) is 16.2. The number of benzene rings is 1. The van der Waals surface area contributed by atoms with Gasteiger partial charge in [-0.1, -0.05) is 70.4 Å². The number of nitrogen functional groups attached to an aromatic ring is 1. The summed E-state index contributed by atoms with van der Waals surface area (Å²) in [6, 6.07) is 5.27. The predicted molar refractivity (Wildman–Crippen MR) is 121 cm³/mol. The molecule has 0 bridgehead atoms. The lowest BCUT2D eigenvalue weighted by molar-refractivity contribution is 0.0979. The minimum Gasteiger partial charge on any atom is -0.497 e. The topological polar surface area (TPSA) is 52.3 Å². The third kappa shape index (κ3) is 11.2. The molecule has 0 fully saturated rings. The zero-order chi connectivity index (χ0) is 20.5. The van der Waals surface area contributed by atoms with Crippen molar-refractivity contribution in [3.63, 3.8) is 0 Å². The van der Waals surface area contributed by atoms with Gasteiger partial charge < -0.3 is 10.5 Å². The molecule has 1 aromatic rings. The highest BCUT2D eigenvalue weighted by atomic mass is 16.5. The molecule has 0 atom stereocenters. The van der Waals surface area contributed by atoms with Crippen molar-refractivity contribution in [1.82, 2.24) is 0 Å². The summed E-state index contributed by atoms with van der Waals surface area (Å²) in [6.07, 6.45) is 21.7. The quantitative estimate of drug-likeness (QED) is 0.130. The van der Waals surface area contributed by atoms with Crippen molar-refractivity contribution in [2.75, 3.05) is 12.8 Å². The van der Waals surface area contributed by atoms with Gasteiger partial charge in [0.2, 0.25) is 0 Å².